The summed E-state index contributed by atoms with van der Waals surface area (Å²) in [6.07, 6.45) is 0.191. The Morgan fingerprint density at radius 2 is 1.83 bits per heavy atom. The van der Waals surface area contributed by atoms with E-state index in [1.165, 1.54) is 26.2 Å². The number of oxime groups is 1. The molecular formula is C16H19NO6. The second kappa shape index (κ2) is 8.67. The quantitative estimate of drug-likeness (QED) is 0.444. The van der Waals surface area contributed by atoms with Gasteiger partial charge in [0.15, 0.2) is 5.71 Å². The molecule has 1 unspecified atom stereocenters. The average molecular weight is 321 g/mol. The summed E-state index contributed by atoms with van der Waals surface area (Å²) in [6.45, 7) is 3.15. The molecule has 1 aromatic carbocycles. The van der Waals surface area contributed by atoms with E-state index in [2.05, 4.69) is 9.99 Å². The number of carbonyl (C=O) groups is 3. The Morgan fingerprint density at radius 1 is 1.22 bits per heavy atom. The van der Waals surface area contributed by atoms with Crippen molar-refractivity contribution in [1.29, 1.82) is 0 Å². The molecule has 0 amide bonds. The average Bonchev–Trinajstić information content (AvgIpc) is 2.51. The molecule has 0 saturated heterocycles. The fourth-order valence-electron chi connectivity index (χ4n) is 2.00. The first-order chi connectivity index (χ1) is 10.9. The van der Waals surface area contributed by atoms with E-state index in [0.29, 0.717) is 5.56 Å². The first-order valence-electron chi connectivity index (χ1n) is 7.01. The highest BCUT2D eigenvalue weighted by Gasteiger charge is 2.29. The second-order valence-corrected chi connectivity index (χ2v) is 4.75. The maximum absolute atomic E-state index is 11.9. The largest absolute Gasteiger partial charge is 0.478 e. The van der Waals surface area contributed by atoms with Gasteiger partial charge in [-0.25, -0.2) is 9.59 Å². The lowest BCUT2D eigenvalue weighted by molar-refractivity contribution is -0.136. The van der Waals surface area contributed by atoms with Crippen LogP contribution in [-0.4, -0.2) is 42.3 Å². The van der Waals surface area contributed by atoms with E-state index < -0.39 is 17.9 Å². The van der Waals surface area contributed by atoms with Crippen molar-refractivity contribution in [2.24, 2.45) is 11.1 Å². The van der Waals surface area contributed by atoms with Crippen LogP contribution in [0.5, 0.6) is 0 Å². The van der Waals surface area contributed by atoms with Crippen LogP contribution in [0.4, 0.5) is 0 Å². The maximum atomic E-state index is 11.9. The van der Waals surface area contributed by atoms with Gasteiger partial charge in [-0.15, -0.1) is 0 Å². The summed E-state index contributed by atoms with van der Waals surface area (Å²) in [6, 6.07) is 6.06. The standard InChI is InChI=1S/C16H19NO6/c1-4-23-16(21)14(17-22-3)13(10(2)18)9-11-5-7-12(8-6-11)15(19)20/h5-8,13H,4,9H2,1-3H3,(H,19,20)/b17-14-. The molecule has 1 N–H and O–H groups in total. The monoisotopic (exact) mass is 321 g/mol. The minimum atomic E-state index is -1.03. The summed E-state index contributed by atoms with van der Waals surface area (Å²) >= 11 is 0. The SMILES string of the molecule is CCOC(=O)/C(=N\OC)C(Cc1ccc(C(=O)O)cc1)C(C)=O. The van der Waals surface area contributed by atoms with Crippen molar-refractivity contribution in [3.63, 3.8) is 0 Å². The number of esters is 1. The van der Waals surface area contributed by atoms with Gasteiger partial charge in [-0.1, -0.05) is 17.3 Å². The van der Waals surface area contributed by atoms with Crippen LogP contribution in [0, 0.1) is 5.92 Å². The summed E-state index contributed by atoms with van der Waals surface area (Å²) in [5.74, 6) is -2.84. The third kappa shape index (κ3) is 5.21. The number of carbonyl (C=O) groups excluding carboxylic acids is 2. The third-order valence-corrected chi connectivity index (χ3v) is 3.14. The predicted octanol–water partition coefficient (Wildman–Crippen LogP) is 1.70. The number of aromatic carboxylic acids is 1. The van der Waals surface area contributed by atoms with E-state index in [9.17, 15) is 14.4 Å². The van der Waals surface area contributed by atoms with Gasteiger partial charge in [0, 0.05) is 0 Å². The Morgan fingerprint density at radius 3 is 2.26 bits per heavy atom. The fraction of sp³-hybridized carbons (Fsp3) is 0.375. The number of ketones is 1. The number of benzene rings is 1. The molecule has 0 fully saturated rings. The predicted molar refractivity (Wildman–Crippen MR) is 82.4 cm³/mol. The highest BCUT2D eigenvalue weighted by Crippen LogP contribution is 2.15. The number of rotatable bonds is 8. The number of hydrogen-bond donors (Lipinski definition) is 1. The zero-order valence-corrected chi connectivity index (χ0v) is 13.2. The molecule has 1 rings (SSSR count). The number of nitrogens with zero attached hydrogens (tertiary/aromatic N) is 1. The van der Waals surface area contributed by atoms with Crippen molar-refractivity contribution in [2.45, 2.75) is 20.3 Å². The molecule has 0 aliphatic heterocycles. The lowest BCUT2D eigenvalue weighted by Gasteiger charge is -2.15. The van der Waals surface area contributed by atoms with Crippen LogP contribution in [0.3, 0.4) is 0 Å². The molecule has 23 heavy (non-hydrogen) atoms. The van der Waals surface area contributed by atoms with Crippen molar-refractivity contribution in [3.8, 4) is 0 Å². The lowest BCUT2D eigenvalue weighted by Crippen LogP contribution is -2.32. The number of ether oxygens (including phenoxy) is 1. The van der Waals surface area contributed by atoms with Gasteiger partial charge in [0.2, 0.25) is 0 Å². The molecule has 0 aliphatic carbocycles. The smallest absolute Gasteiger partial charge is 0.356 e. The van der Waals surface area contributed by atoms with Crippen molar-refractivity contribution in [3.05, 3.63) is 35.4 Å². The number of carboxylic acid groups (broad SMARTS) is 1. The van der Waals surface area contributed by atoms with Crippen molar-refractivity contribution in [2.75, 3.05) is 13.7 Å². The molecule has 7 heteroatoms. The number of Topliss-reactive ketones (excluding diaryl/α,β-unsaturated/α-hetero) is 1. The molecule has 0 spiro atoms. The van der Waals surface area contributed by atoms with Gasteiger partial charge in [0.1, 0.15) is 12.9 Å². The molecule has 1 atom stereocenters. The van der Waals surface area contributed by atoms with E-state index in [1.54, 1.807) is 19.1 Å². The van der Waals surface area contributed by atoms with Crippen LogP contribution < -0.4 is 0 Å². The first kappa shape index (κ1) is 18.3. The van der Waals surface area contributed by atoms with E-state index in [0.717, 1.165) is 0 Å². The molecule has 1 aromatic rings. The highest BCUT2D eigenvalue weighted by atomic mass is 16.6. The molecule has 0 radical (unpaired) electrons. The molecule has 0 heterocycles. The second-order valence-electron chi connectivity index (χ2n) is 4.75. The molecule has 0 aromatic heterocycles. The summed E-state index contributed by atoms with van der Waals surface area (Å²) in [7, 11) is 1.28. The Labute approximate surface area is 133 Å². The van der Waals surface area contributed by atoms with Gasteiger partial charge in [-0.3, -0.25) is 4.79 Å². The van der Waals surface area contributed by atoms with Crippen LogP contribution in [-0.2, 0) is 25.6 Å². The van der Waals surface area contributed by atoms with Crippen LogP contribution >= 0.6 is 0 Å². The van der Waals surface area contributed by atoms with Gasteiger partial charge in [-0.05, 0) is 38.0 Å². The van der Waals surface area contributed by atoms with E-state index in [1.807, 2.05) is 0 Å². The summed E-state index contributed by atoms with van der Waals surface area (Å²) in [5, 5.41) is 12.5. The molecule has 0 aliphatic rings. The molecule has 124 valence electrons. The summed E-state index contributed by atoms with van der Waals surface area (Å²) in [5.41, 5.74) is 0.733. The zero-order chi connectivity index (χ0) is 17.4. The lowest BCUT2D eigenvalue weighted by atomic mass is 9.91. The number of hydrogen-bond acceptors (Lipinski definition) is 6. The zero-order valence-electron chi connectivity index (χ0n) is 13.2. The fourth-order valence-corrected chi connectivity index (χ4v) is 2.00. The first-order valence-corrected chi connectivity index (χ1v) is 7.01. The molecule has 7 nitrogen and oxygen atoms in total. The number of carboxylic acids is 1. The normalized spacial score (nSPS) is 12.4. The van der Waals surface area contributed by atoms with Gasteiger partial charge < -0.3 is 14.7 Å². The van der Waals surface area contributed by atoms with Crippen molar-refractivity contribution < 1.29 is 29.1 Å². The summed E-state index contributed by atoms with van der Waals surface area (Å²) in [4.78, 5) is 39.4. The topological polar surface area (TPSA) is 102 Å². The van der Waals surface area contributed by atoms with Crippen LogP contribution in [0.15, 0.2) is 29.4 Å². The Bertz CT molecular complexity index is 606. The van der Waals surface area contributed by atoms with Gasteiger partial charge in [0.25, 0.3) is 0 Å². The maximum Gasteiger partial charge on any atom is 0.356 e. The minimum absolute atomic E-state index is 0.107. The highest BCUT2D eigenvalue weighted by molar-refractivity contribution is 6.40. The van der Waals surface area contributed by atoms with Crippen LogP contribution in [0.25, 0.3) is 0 Å². The molecule has 0 bridgehead atoms. The molecular weight excluding hydrogens is 302 g/mol. The summed E-state index contributed by atoms with van der Waals surface area (Å²) < 4.78 is 4.90. The Balaban J connectivity index is 3.05. The third-order valence-electron chi connectivity index (χ3n) is 3.14. The van der Waals surface area contributed by atoms with Gasteiger partial charge in [0.05, 0.1) is 18.1 Å². The Hall–Kier alpha value is -2.70. The van der Waals surface area contributed by atoms with E-state index in [4.69, 9.17) is 9.84 Å². The van der Waals surface area contributed by atoms with Crippen LogP contribution in [0.2, 0.25) is 0 Å². The minimum Gasteiger partial charge on any atom is -0.478 e. The molecule has 0 saturated carbocycles. The van der Waals surface area contributed by atoms with Crippen LogP contribution in [0.1, 0.15) is 29.8 Å². The van der Waals surface area contributed by atoms with Gasteiger partial charge in [-0.2, -0.15) is 0 Å². The van der Waals surface area contributed by atoms with E-state index in [-0.39, 0.29) is 30.1 Å². The van der Waals surface area contributed by atoms with Crippen molar-refractivity contribution >= 4 is 23.4 Å². The van der Waals surface area contributed by atoms with E-state index >= 15 is 0 Å². The Kier molecular flexibility index (Phi) is 6.92. The van der Waals surface area contributed by atoms with Crippen molar-refractivity contribution in [1.82, 2.24) is 0 Å². The van der Waals surface area contributed by atoms with Gasteiger partial charge >= 0.3 is 11.9 Å².